The van der Waals surface area contributed by atoms with Gasteiger partial charge in [-0.2, -0.15) is 0 Å². The van der Waals surface area contributed by atoms with Crippen molar-refractivity contribution in [3.63, 3.8) is 0 Å². The third-order valence-electron chi connectivity index (χ3n) is 2.51. The highest BCUT2D eigenvalue weighted by Crippen LogP contribution is 2.33. The van der Waals surface area contributed by atoms with Gasteiger partial charge in [0.1, 0.15) is 0 Å². The highest BCUT2D eigenvalue weighted by atomic mass is 35.5. The Hall–Kier alpha value is -2.67. The van der Waals surface area contributed by atoms with Crippen LogP contribution < -0.4 is 4.74 Å². The molecule has 2 aromatic rings. The van der Waals surface area contributed by atoms with Crippen LogP contribution in [0, 0.1) is 17.0 Å². The lowest BCUT2D eigenvalue weighted by molar-refractivity contribution is -0.385. The summed E-state index contributed by atoms with van der Waals surface area (Å²) in [4.78, 5) is 25.3. The molecule has 0 aliphatic rings. The number of aromatic carboxylic acids is 1. The van der Waals surface area contributed by atoms with Crippen molar-refractivity contribution in [3.05, 3.63) is 56.7 Å². The normalized spacial score (nSPS) is 10.2. The summed E-state index contributed by atoms with van der Waals surface area (Å²) in [5.74, 6) is -1.26. The zero-order valence-electron chi connectivity index (χ0n) is 10.7. The van der Waals surface area contributed by atoms with Gasteiger partial charge in [-0.15, -0.1) is 0 Å². The van der Waals surface area contributed by atoms with Crippen LogP contribution in [-0.4, -0.2) is 21.0 Å². The molecule has 1 N–H and O–H groups in total. The molecule has 108 valence electrons. The second kappa shape index (κ2) is 5.76. The second-order valence-corrected chi connectivity index (χ2v) is 4.55. The minimum Gasteiger partial charge on any atom is -0.478 e. The van der Waals surface area contributed by atoms with Crippen LogP contribution in [0.2, 0.25) is 5.02 Å². The fraction of sp³-hybridized carbons (Fsp3) is 0.0769. The summed E-state index contributed by atoms with van der Waals surface area (Å²) in [6.07, 6.45) is 0. The molecule has 0 bridgehead atoms. The number of nitrogens with zero attached hydrogens (tertiary/aromatic N) is 2. The highest BCUT2D eigenvalue weighted by molar-refractivity contribution is 6.30. The number of nitro groups is 1. The van der Waals surface area contributed by atoms with E-state index in [4.69, 9.17) is 21.4 Å². The van der Waals surface area contributed by atoms with E-state index in [9.17, 15) is 14.9 Å². The number of hydrogen-bond acceptors (Lipinski definition) is 5. The lowest BCUT2D eigenvalue weighted by Crippen LogP contribution is -2.01. The smallest absolute Gasteiger partial charge is 0.335 e. The van der Waals surface area contributed by atoms with E-state index in [2.05, 4.69) is 4.98 Å². The van der Waals surface area contributed by atoms with Gasteiger partial charge in [0, 0.05) is 22.8 Å². The number of hydrogen-bond donors (Lipinski definition) is 1. The maximum atomic E-state index is 11.0. The molecule has 0 amide bonds. The largest absolute Gasteiger partial charge is 0.478 e. The third kappa shape index (κ3) is 3.46. The fourth-order valence-electron chi connectivity index (χ4n) is 1.65. The Kier molecular flexibility index (Phi) is 4.04. The van der Waals surface area contributed by atoms with Gasteiger partial charge >= 0.3 is 11.7 Å². The SMILES string of the molecule is Cc1cc(C(=O)O)cc(Oc2ccc(Cl)cc2[N+](=O)[O-])n1. The van der Waals surface area contributed by atoms with Crippen molar-refractivity contribution in [2.24, 2.45) is 0 Å². The number of carboxylic acids is 1. The summed E-state index contributed by atoms with van der Waals surface area (Å²) in [6.45, 7) is 1.59. The van der Waals surface area contributed by atoms with Gasteiger partial charge in [-0.1, -0.05) is 11.6 Å². The van der Waals surface area contributed by atoms with Gasteiger partial charge in [-0.05, 0) is 25.1 Å². The Labute approximate surface area is 123 Å². The Balaban J connectivity index is 2.43. The first-order valence-electron chi connectivity index (χ1n) is 5.70. The van der Waals surface area contributed by atoms with Crippen LogP contribution in [-0.2, 0) is 0 Å². The van der Waals surface area contributed by atoms with Crippen molar-refractivity contribution in [1.29, 1.82) is 0 Å². The topological polar surface area (TPSA) is 103 Å². The van der Waals surface area contributed by atoms with Crippen LogP contribution >= 0.6 is 11.6 Å². The molecule has 2 rings (SSSR count). The number of aryl methyl sites for hydroxylation is 1. The maximum absolute atomic E-state index is 11.0. The van der Waals surface area contributed by atoms with Gasteiger partial charge in [0.2, 0.25) is 11.6 Å². The number of benzene rings is 1. The van der Waals surface area contributed by atoms with Gasteiger partial charge in [-0.25, -0.2) is 9.78 Å². The van der Waals surface area contributed by atoms with Crippen LogP contribution in [0.3, 0.4) is 0 Å². The molecule has 0 atom stereocenters. The van der Waals surface area contributed by atoms with E-state index in [1.807, 2.05) is 0 Å². The van der Waals surface area contributed by atoms with Crippen molar-refractivity contribution in [2.75, 3.05) is 0 Å². The molecule has 21 heavy (non-hydrogen) atoms. The summed E-state index contributed by atoms with van der Waals surface area (Å²) in [5.41, 5.74) is 0.0679. The number of halogens is 1. The van der Waals surface area contributed by atoms with E-state index >= 15 is 0 Å². The van der Waals surface area contributed by atoms with E-state index in [0.29, 0.717) is 5.69 Å². The van der Waals surface area contributed by atoms with Crippen LogP contribution in [0.4, 0.5) is 5.69 Å². The lowest BCUT2D eigenvalue weighted by Gasteiger charge is -2.07. The Morgan fingerprint density at radius 2 is 2.10 bits per heavy atom. The van der Waals surface area contributed by atoms with Crippen molar-refractivity contribution in [1.82, 2.24) is 4.98 Å². The Morgan fingerprint density at radius 1 is 1.38 bits per heavy atom. The summed E-state index contributed by atoms with van der Waals surface area (Å²) in [5, 5.41) is 20.1. The maximum Gasteiger partial charge on any atom is 0.335 e. The Morgan fingerprint density at radius 3 is 2.71 bits per heavy atom. The predicted octanol–water partition coefficient (Wildman–Crippen LogP) is 3.44. The molecular weight excluding hydrogens is 300 g/mol. The van der Waals surface area contributed by atoms with Crippen LogP contribution in [0.15, 0.2) is 30.3 Å². The molecule has 0 saturated carbocycles. The minimum absolute atomic E-state index is 0.0193. The van der Waals surface area contributed by atoms with Crippen molar-refractivity contribution >= 4 is 23.3 Å². The second-order valence-electron chi connectivity index (χ2n) is 4.11. The summed E-state index contributed by atoms with van der Waals surface area (Å²) in [6, 6.07) is 6.45. The Bertz CT molecular complexity index is 732. The molecule has 8 heteroatoms. The molecule has 0 fully saturated rings. The number of pyridine rings is 1. The van der Waals surface area contributed by atoms with E-state index in [-0.39, 0.29) is 27.9 Å². The van der Waals surface area contributed by atoms with E-state index < -0.39 is 10.9 Å². The first kappa shape index (κ1) is 14.7. The third-order valence-corrected chi connectivity index (χ3v) is 2.74. The molecule has 0 aliphatic carbocycles. The first-order chi connectivity index (χ1) is 9.86. The first-order valence-corrected chi connectivity index (χ1v) is 6.08. The average molecular weight is 309 g/mol. The van der Waals surface area contributed by atoms with E-state index in [0.717, 1.165) is 6.07 Å². The monoisotopic (exact) mass is 308 g/mol. The summed E-state index contributed by atoms with van der Waals surface area (Å²) < 4.78 is 5.32. The van der Waals surface area contributed by atoms with Crippen LogP contribution in [0.5, 0.6) is 11.6 Å². The zero-order chi connectivity index (χ0) is 15.6. The molecule has 0 unspecified atom stereocenters. The number of aromatic nitrogens is 1. The number of rotatable bonds is 4. The molecule has 0 aliphatic heterocycles. The zero-order valence-corrected chi connectivity index (χ0v) is 11.5. The molecule has 7 nitrogen and oxygen atoms in total. The quantitative estimate of drug-likeness (QED) is 0.685. The van der Waals surface area contributed by atoms with Gasteiger partial charge in [0.15, 0.2) is 0 Å². The molecule has 0 radical (unpaired) electrons. The molecular formula is C13H9ClN2O5. The number of carbonyl (C=O) groups is 1. The van der Waals surface area contributed by atoms with Gasteiger partial charge in [0.05, 0.1) is 10.5 Å². The van der Waals surface area contributed by atoms with Crippen molar-refractivity contribution in [2.45, 2.75) is 6.92 Å². The lowest BCUT2D eigenvalue weighted by atomic mass is 10.2. The molecule has 1 aromatic heterocycles. The summed E-state index contributed by atoms with van der Waals surface area (Å²) in [7, 11) is 0. The van der Waals surface area contributed by atoms with Gasteiger partial charge in [0.25, 0.3) is 0 Å². The molecule has 1 aromatic carbocycles. The van der Waals surface area contributed by atoms with Crippen molar-refractivity contribution < 1.29 is 19.6 Å². The van der Waals surface area contributed by atoms with Crippen molar-refractivity contribution in [3.8, 4) is 11.6 Å². The number of nitro benzene ring substituents is 1. The number of carboxylic acid groups (broad SMARTS) is 1. The predicted molar refractivity (Wildman–Crippen MR) is 74.1 cm³/mol. The minimum atomic E-state index is -1.14. The van der Waals surface area contributed by atoms with Crippen LogP contribution in [0.1, 0.15) is 16.1 Å². The number of ether oxygens (including phenoxy) is 1. The highest BCUT2D eigenvalue weighted by Gasteiger charge is 2.18. The molecule has 1 heterocycles. The average Bonchev–Trinajstić information content (AvgIpc) is 2.40. The van der Waals surface area contributed by atoms with E-state index in [1.54, 1.807) is 6.92 Å². The van der Waals surface area contributed by atoms with E-state index in [1.165, 1.54) is 24.3 Å². The fourth-order valence-corrected chi connectivity index (χ4v) is 1.81. The molecule has 0 saturated heterocycles. The standard InChI is InChI=1S/C13H9ClN2O5/c1-7-4-8(13(17)18)5-12(15-7)21-11-3-2-9(14)6-10(11)16(19)20/h2-6H,1H3,(H,17,18). The van der Waals surface area contributed by atoms with Crippen LogP contribution in [0.25, 0.3) is 0 Å². The molecule has 0 spiro atoms. The summed E-state index contributed by atoms with van der Waals surface area (Å²) >= 11 is 5.70. The van der Waals surface area contributed by atoms with Gasteiger partial charge < -0.3 is 9.84 Å². The van der Waals surface area contributed by atoms with Gasteiger partial charge in [-0.3, -0.25) is 10.1 Å².